The molecule has 3 aliphatic rings. The molecule has 3 nitrogen and oxygen atoms in total. The molecule has 0 saturated heterocycles. The van der Waals surface area contributed by atoms with Crippen molar-refractivity contribution in [3.63, 3.8) is 0 Å². The van der Waals surface area contributed by atoms with Crippen molar-refractivity contribution >= 4 is 18.2 Å². The summed E-state index contributed by atoms with van der Waals surface area (Å²) in [5.74, 6) is -1.67. The molecule has 0 bridgehead atoms. The Morgan fingerprint density at radius 2 is 1.16 bits per heavy atom. The SMILES string of the molecule is Cc1ccc(CC2=Cc3ccccc3C2C(O)(C(O)C2C=Cc3cc(C)ccc32)C(O)C2C(Cc3ccccc3)=Cc3ccccc32)cc1. The van der Waals surface area contributed by atoms with E-state index in [0.29, 0.717) is 12.8 Å². The standard InChI is InChI=1S/C46H42O3/c1-29-16-19-32(20-17-29)26-37-28-34-13-7-9-15-40(34)43(37)46(49,44(47)41-23-21-35-24-30(2)18-22-38(35)41)45(48)42-36(25-31-10-4-3-5-11-31)27-33-12-6-8-14-39(33)42/h3-24,27-28,41-45,47-49H,25-26H2,1-2H3. The summed E-state index contributed by atoms with van der Waals surface area (Å²) in [5, 5.41) is 39.6. The first-order valence-electron chi connectivity index (χ1n) is 17.4. The summed E-state index contributed by atoms with van der Waals surface area (Å²) in [6, 6.07) is 41.3. The van der Waals surface area contributed by atoms with Gasteiger partial charge in [-0.1, -0.05) is 168 Å². The number of hydrogen-bond acceptors (Lipinski definition) is 3. The summed E-state index contributed by atoms with van der Waals surface area (Å²) in [4.78, 5) is 0. The summed E-state index contributed by atoms with van der Waals surface area (Å²) in [6.45, 7) is 4.14. The second-order valence-electron chi connectivity index (χ2n) is 14.2. The predicted molar refractivity (Wildman–Crippen MR) is 199 cm³/mol. The molecule has 3 heteroatoms. The number of aryl methyl sites for hydroxylation is 2. The minimum Gasteiger partial charge on any atom is -0.389 e. The lowest BCUT2D eigenvalue weighted by molar-refractivity contribution is -0.163. The van der Waals surface area contributed by atoms with Crippen LogP contribution in [0, 0.1) is 13.8 Å². The van der Waals surface area contributed by atoms with Gasteiger partial charge in [-0.15, -0.1) is 0 Å². The van der Waals surface area contributed by atoms with E-state index in [9.17, 15) is 15.3 Å². The van der Waals surface area contributed by atoms with Crippen LogP contribution in [0.1, 0.15) is 73.4 Å². The van der Waals surface area contributed by atoms with E-state index in [1.807, 2.05) is 60.7 Å². The van der Waals surface area contributed by atoms with E-state index in [1.54, 1.807) is 0 Å². The van der Waals surface area contributed by atoms with E-state index < -0.39 is 35.6 Å². The van der Waals surface area contributed by atoms with E-state index in [2.05, 4.69) is 98.8 Å². The zero-order chi connectivity index (χ0) is 33.7. The van der Waals surface area contributed by atoms with Crippen LogP contribution >= 0.6 is 0 Å². The molecule has 244 valence electrons. The van der Waals surface area contributed by atoms with E-state index in [4.69, 9.17) is 0 Å². The van der Waals surface area contributed by atoms with Crippen molar-refractivity contribution in [1.82, 2.24) is 0 Å². The van der Waals surface area contributed by atoms with Gasteiger partial charge in [-0.2, -0.15) is 0 Å². The summed E-state index contributed by atoms with van der Waals surface area (Å²) in [5.41, 5.74) is 10.6. The van der Waals surface area contributed by atoms with Crippen LogP contribution in [0.15, 0.2) is 139 Å². The highest BCUT2D eigenvalue weighted by atomic mass is 16.4. The Bertz CT molecular complexity index is 2100. The third-order valence-electron chi connectivity index (χ3n) is 11.0. The Hall–Kier alpha value is -4.80. The van der Waals surface area contributed by atoms with Gasteiger partial charge in [-0.05, 0) is 71.2 Å². The van der Waals surface area contributed by atoms with Crippen molar-refractivity contribution in [2.45, 2.75) is 62.3 Å². The Morgan fingerprint density at radius 1 is 0.571 bits per heavy atom. The third-order valence-corrected chi connectivity index (χ3v) is 11.0. The highest BCUT2D eigenvalue weighted by molar-refractivity contribution is 5.71. The molecule has 0 aliphatic heterocycles. The van der Waals surface area contributed by atoms with Crippen LogP contribution in [-0.2, 0) is 12.8 Å². The molecule has 5 aromatic carbocycles. The van der Waals surface area contributed by atoms with Crippen molar-refractivity contribution < 1.29 is 15.3 Å². The number of hydrogen-bond donors (Lipinski definition) is 3. The summed E-state index contributed by atoms with van der Waals surface area (Å²) < 4.78 is 0. The van der Waals surface area contributed by atoms with Gasteiger partial charge >= 0.3 is 0 Å². The molecule has 0 spiro atoms. The molecule has 0 fully saturated rings. The highest BCUT2D eigenvalue weighted by Gasteiger charge is 2.58. The lowest BCUT2D eigenvalue weighted by Crippen LogP contribution is -2.60. The molecular formula is C46H42O3. The molecule has 3 N–H and O–H groups in total. The van der Waals surface area contributed by atoms with Crippen molar-refractivity contribution in [3.05, 3.63) is 194 Å². The molecule has 0 heterocycles. The first-order valence-corrected chi connectivity index (χ1v) is 17.4. The molecule has 0 amide bonds. The van der Waals surface area contributed by atoms with Crippen LogP contribution < -0.4 is 0 Å². The predicted octanol–water partition coefficient (Wildman–Crippen LogP) is 8.71. The first kappa shape index (κ1) is 31.5. The topological polar surface area (TPSA) is 60.7 Å². The zero-order valence-electron chi connectivity index (χ0n) is 28.0. The fourth-order valence-electron chi connectivity index (χ4n) is 8.61. The van der Waals surface area contributed by atoms with Crippen LogP contribution in [0.25, 0.3) is 18.2 Å². The van der Waals surface area contributed by atoms with E-state index in [-0.39, 0.29) is 0 Å². The number of aliphatic hydroxyl groups is 3. The lowest BCUT2D eigenvalue weighted by atomic mass is 9.64. The Labute approximate surface area is 289 Å². The fourth-order valence-corrected chi connectivity index (χ4v) is 8.61. The van der Waals surface area contributed by atoms with Gasteiger partial charge < -0.3 is 15.3 Å². The summed E-state index contributed by atoms with van der Waals surface area (Å²) in [7, 11) is 0. The first-order chi connectivity index (χ1) is 23.8. The maximum atomic E-state index is 13.7. The quantitative estimate of drug-likeness (QED) is 0.151. The Kier molecular flexibility index (Phi) is 8.08. The molecule has 8 rings (SSSR count). The average Bonchev–Trinajstić information content (AvgIpc) is 3.81. The normalized spacial score (nSPS) is 21.3. The Morgan fingerprint density at radius 3 is 1.92 bits per heavy atom. The van der Waals surface area contributed by atoms with Gasteiger partial charge in [0.2, 0.25) is 0 Å². The Balaban J connectivity index is 1.29. The van der Waals surface area contributed by atoms with E-state index in [1.165, 1.54) is 5.56 Å². The number of aliphatic hydroxyl groups excluding tert-OH is 2. The zero-order valence-corrected chi connectivity index (χ0v) is 28.0. The van der Waals surface area contributed by atoms with Crippen molar-refractivity contribution in [2.75, 3.05) is 0 Å². The largest absolute Gasteiger partial charge is 0.389 e. The van der Waals surface area contributed by atoms with Crippen LogP contribution in [0.2, 0.25) is 0 Å². The van der Waals surface area contributed by atoms with Gasteiger partial charge in [0.1, 0.15) is 5.60 Å². The maximum Gasteiger partial charge on any atom is 0.129 e. The van der Waals surface area contributed by atoms with Crippen LogP contribution in [0.5, 0.6) is 0 Å². The van der Waals surface area contributed by atoms with Gasteiger partial charge in [-0.3, -0.25) is 0 Å². The maximum absolute atomic E-state index is 13.7. The molecule has 0 saturated carbocycles. The molecule has 0 radical (unpaired) electrons. The minimum atomic E-state index is -1.97. The number of rotatable bonds is 9. The summed E-state index contributed by atoms with van der Waals surface area (Å²) in [6.07, 6.45) is 6.94. The second-order valence-corrected chi connectivity index (χ2v) is 14.2. The van der Waals surface area contributed by atoms with E-state index in [0.717, 1.165) is 61.2 Å². The van der Waals surface area contributed by atoms with Crippen molar-refractivity contribution in [3.8, 4) is 0 Å². The van der Waals surface area contributed by atoms with Gasteiger partial charge in [0.05, 0.1) is 12.2 Å². The molecule has 3 aliphatic carbocycles. The van der Waals surface area contributed by atoms with Gasteiger partial charge in [-0.25, -0.2) is 0 Å². The van der Waals surface area contributed by atoms with E-state index >= 15 is 0 Å². The molecule has 49 heavy (non-hydrogen) atoms. The molecule has 6 unspecified atom stereocenters. The smallest absolute Gasteiger partial charge is 0.129 e. The van der Waals surface area contributed by atoms with Crippen LogP contribution in [0.4, 0.5) is 0 Å². The minimum absolute atomic E-state index is 0.498. The molecular weight excluding hydrogens is 601 g/mol. The second kappa shape index (κ2) is 12.6. The lowest BCUT2D eigenvalue weighted by Gasteiger charge is -2.47. The van der Waals surface area contributed by atoms with Crippen LogP contribution in [-0.4, -0.2) is 33.1 Å². The van der Waals surface area contributed by atoms with Crippen LogP contribution in [0.3, 0.4) is 0 Å². The average molecular weight is 643 g/mol. The molecule has 5 aromatic rings. The number of benzene rings is 5. The van der Waals surface area contributed by atoms with Gasteiger partial charge in [0.25, 0.3) is 0 Å². The number of fused-ring (bicyclic) bond motifs is 3. The monoisotopic (exact) mass is 642 g/mol. The van der Waals surface area contributed by atoms with Gasteiger partial charge in [0, 0.05) is 17.8 Å². The van der Waals surface area contributed by atoms with Crippen molar-refractivity contribution in [1.29, 1.82) is 0 Å². The highest BCUT2D eigenvalue weighted by Crippen LogP contribution is 2.54. The fraction of sp³-hybridized carbons (Fsp3) is 0.217. The third kappa shape index (κ3) is 5.53. The van der Waals surface area contributed by atoms with Gasteiger partial charge in [0.15, 0.2) is 0 Å². The summed E-state index contributed by atoms with van der Waals surface area (Å²) >= 11 is 0. The van der Waals surface area contributed by atoms with Crippen molar-refractivity contribution in [2.24, 2.45) is 0 Å². The molecule has 0 aromatic heterocycles. The molecule has 6 atom stereocenters.